The second kappa shape index (κ2) is 4.17. The lowest BCUT2D eigenvalue weighted by Gasteiger charge is -2.05. The lowest BCUT2D eigenvalue weighted by molar-refractivity contribution is 0.102. The van der Waals surface area contributed by atoms with E-state index in [0.717, 1.165) is 0 Å². The molecule has 0 radical (unpaired) electrons. The summed E-state index contributed by atoms with van der Waals surface area (Å²) in [6, 6.07) is 4.60. The van der Waals surface area contributed by atoms with Gasteiger partial charge in [0, 0.05) is 5.56 Å². The van der Waals surface area contributed by atoms with Gasteiger partial charge in [0.1, 0.15) is 5.75 Å². The van der Waals surface area contributed by atoms with Crippen LogP contribution in [0.3, 0.4) is 0 Å². The third-order valence-electron chi connectivity index (χ3n) is 2.37. The van der Waals surface area contributed by atoms with E-state index in [9.17, 15) is 9.90 Å². The minimum atomic E-state index is -0.316. The Hall–Kier alpha value is -2.50. The van der Waals surface area contributed by atoms with Crippen molar-refractivity contribution in [1.82, 2.24) is 10.2 Å². The summed E-state index contributed by atoms with van der Waals surface area (Å²) >= 11 is 0. The van der Waals surface area contributed by atoms with Gasteiger partial charge in [-0.3, -0.25) is 9.89 Å². The number of hydrogen-bond donors (Lipinski definition) is 4. The number of nitrogens with two attached hydrogens (primary N) is 1. The molecule has 0 aliphatic carbocycles. The summed E-state index contributed by atoms with van der Waals surface area (Å²) in [5.41, 5.74) is 7.02. The number of aromatic nitrogens is 2. The third kappa shape index (κ3) is 2.20. The van der Waals surface area contributed by atoms with Crippen molar-refractivity contribution in [2.75, 3.05) is 11.1 Å². The number of nitrogens with zero attached hydrogens (tertiary/aromatic N) is 1. The van der Waals surface area contributed by atoms with E-state index in [2.05, 4.69) is 15.5 Å². The van der Waals surface area contributed by atoms with Crippen molar-refractivity contribution in [2.24, 2.45) is 0 Å². The average Bonchev–Trinajstić information content (AvgIpc) is 2.68. The number of nitrogen functional groups attached to an aromatic ring is 1. The van der Waals surface area contributed by atoms with E-state index < -0.39 is 0 Å². The van der Waals surface area contributed by atoms with Crippen LogP contribution >= 0.6 is 0 Å². The normalized spacial score (nSPS) is 10.2. The van der Waals surface area contributed by atoms with Gasteiger partial charge in [-0.2, -0.15) is 5.10 Å². The Balaban J connectivity index is 2.20. The quantitative estimate of drug-likeness (QED) is 0.625. The van der Waals surface area contributed by atoms with Gasteiger partial charge in [-0.25, -0.2) is 0 Å². The Bertz CT molecular complexity index is 562. The molecule has 6 heteroatoms. The van der Waals surface area contributed by atoms with Crippen molar-refractivity contribution in [3.8, 4) is 5.75 Å². The molecule has 5 N–H and O–H groups in total. The molecule has 2 rings (SSSR count). The summed E-state index contributed by atoms with van der Waals surface area (Å²) in [4.78, 5) is 11.8. The molecule has 17 heavy (non-hydrogen) atoms. The number of phenolic OH excluding ortho intramolecular Hbond substituents is 1. The SMILES string of the molecule is Cc1cc(C(=O)Nc2[nH]ncc2N)ccc1O. The van der Waals surface area contributed by atoms with Crippen molar-refractivity contribution in [2.45, 2.75) is 6.92 Å². The molecule has 0 saturated heterocycles. The summed E-state index contributed by atoms with van der Waals surface area (Å²) < 4.78 is 0. The van der Waals surface area contributed by atoms with E-state index in [4.69, 9.17) is 5.73 Å². The highest BCUT2D eigenvalue weighted by Gasteiger charge is 2.10. The highest BCUT2D eigenvalue weighted by Crippen LogP contribution is 2.19. The third-order valence-corrected chi connectivity index (χ3v) is 2.37. The lowest BCUT2D eigenvalue weighted by atomic mass is 10.1. The number of phenols is 1. The number of aryl methyl sites for hydroxylation is 1. The van der Waals surface area contributed by atoms with Gasteiger partial charge in [0.05, 0.1) is 11.9 Å². The fourth-order valence-corrected chi connectivity index (χ4v) is 1.38. The predicted molar refractivity (Wildman–Crippen MR) is 63.8 cm³/mol. The number of carbonyl (C=O) groups excluding carboxylic acids is 1. The van der Waals surface area contributed by atoms with Gasteiger partial charge >= 0.3 is 0 Å². The summed E-state index contributed by atoms with van der Waals surface area (Å²) in [6.45, 7) is 1.72. The summed E-state index contributed by atoms with van der Waals surface area (Å²) in [7, 11) is 0. The second-order valence-electron chi connectivity index (χ2n) is 3.66. The van der Waals surface area contributed by atoms with E-state index in [1.807, 2.05) is 0 Å². The summed E-state index contributed by atoms with van der Waals surface area (Å²) in [5, 5.41) is 18.2. The Morgan fingerprint density at radius 1 is 1.53 bits per heavy atom. The molecule has 0 aliphatic heterocycles. The van der Waals surface area contributed by atoms with Crippen LogP contribution in [0.1, 0.15) is 15.9 Å². The van der Waals surface area contributed by atoms with E-state index in [1.165, 1.54) is 18.3 Å². The average molecular weight is 232 g/mol. The number of anilines is 2. The second-order valence-corrected chi connectivity index (χ2v) is 3.66. The molecule has 0 bridgehead atoms. The molecular formula is C11H12N4O2. The maximum Gasteiger partial charge on any atom is 0.256 e. The zero-order valence-electron chi connectivity index (χ0n) is 9.19. The topological polar surface area (TPSA) is 104 Å². The molecule has 88 valence electrons. The Morgan fingerprint density at radius 3 is 2.88 bits per heavy atom. The van der Waals surface area contributed by atoms with E-state index >= 15 is 0 Å². The number of amides is 1. The minimum absolute atomic E-state index is 0.155. The molecule has 1 heterocycles. The van der Waals surface area contributed by atoms with Crippen molar-refractivity contribution in [3.63, 3.8) is 0 Å². The Labute approximate surface area is 97.5 Å². The Morgan fingerprint density at radius 2 is 2.29 bits per heavy atom. The van der Waals surface area contributed by atoms with E-state index in [-0.39, 0.29) is 11.7 Å². The van der Waals surface area contributed by atoms with Gasteiger partial charge in [0.15, 0.2) is 5.82 Å². The van der Waals surface area contributed by atoms with Gasteiger partial charge in [-0.05, 0) is 30.7 Å². The van der Waals surface area contributed by atoms with Gasteiger partial charge in [0.2, 0.25) is 0 Å². The number of hydrogen-bond acceptors (Lipinski definition) is 4. The molecule has 0 unspecified atom stereocenters. The van der Waals surface area contributed by atoms with Gasteiger partial charge < -0.3 is 16.2 Å². The van der Waals surface area contributed by atoms with Crippen LogP contribution < -0.4 is 11.1 Å². The fraction of sp³-hybridized carbons (Fsp3) is 0.0909. The number of benzene rings is 1. The number of nitrogens with one attached hydrogen (secondary N) is 2. The van der Waals surface area contributed by atoms with E-state index in [1.54, 1.807) is 13.0 Å². The molecular weight excluding hydrogens is 220 g/mol. The number of carbonyl (C=O) groups is 1. The number of rotatable bonds is 2. The first-order chi connectivity index (χ1) is 8.08. The monoisotopic (exact) mass is 232 g/mol. The van der Waals surface area contributed by atoms with Crippen LogP contribution in [-0.2, 0) is 0 Å². The fourth-order valence-electron chi connectivity index (χ4n) is 1.38. The van der Waals surface area contributed by atoms with Gasteiger partial charge in [0.25, 0.3) is 5.91 Å². The largest absolute Gasteiger partial charge is 0.508 e. The molecule has 1 aromatic carbocycles. The van der Waals surface area contributed by atoms with Crippen LogP contribution in [0.5, 0.6) is 5.75 Å². The summed E-state index contributed by atoms with van der Waals surface area (Å²) in [5.74, 6) is 0.201. The molecule has 1 amide bonds. The van der Waals surface area contributed by atoms with Crippen molar-refractivity contribution >= 4 is 17.4 Å². The first-order valence-corrected chi connectivity index (χ1v) is 4.97. The zero-order chi connectivity index (χ0) is 12.4. The molecule has 0 aliphatic rings. The van der Waals surface area contributed by atoms with Crippen LogP contribution in [-0.4, -0.2) is 21.2 Å². The Kier molecular flexibility index (Phi) is 2.70. The van der Waals surface area contributed by atoms with Crippen molar-refractivity contribution < 1.29 is 9.90 Å². The molecule has 0 fully saturated rings. The van der Waals surface area contributed by atoms with Crippen LogP contribution in [0.4, 0.5) is 11.5 Å². The highest BCUT2D eigenvalue weighted by molar-refractivity contribution is 6.05. The first-order valence-electron chi connectivity index (χ1n) is 4.97. The van der Waals surface area contributed by atoms with Crippen LogP contribution in [0, 0.1) is 6.92 Å². The molecule has 0 atom stereocenters. The van der Waals surface area contributed by atoms with Crippen LogP contribution in [0.2, 0.25) is 0 Å². The van der Waals surface area contributed by atoms with Crippen molar-refractivity contribution in [3.05, 3.63) is 35.5 Å². The number of aromatic hydroxyl groups is 1. The maximum absolute atomic E-state index is 11.8. The van der Waals surface area contributed by atoms with Crippen molar-refractivity contribution in [1.29, 1.82) is 0 Å². The van der Waals surface area contributed by atoms with Gasteiger partial charge in [-0.15, -0.1) is 0 Å². The smallest absolute Gasteiger partial charge is 0.256 e. The van der Waals surface area contributed by atoms with Crippen LogP contribution in [0.15, 0.2) is 24.4 Å². The maximum atomic E-state index is 11.8. The van der Waals surface area contributed by atoms with Gasteiger partial charge in [-0.1, -0.05) is 0 Å². The molecule has 6 nitrogen and oxygen atoms in total. The predicted octanol–water partition coefficient (Wildman–Crippen LogP) is 1.26. The summed E-state index contributed by atoms with van der Waals surface area (Å²) in [6.07, 6.45) is 1.41. The lowest BCUT2D eigenvalue weighted by Crippen LogP contribution is -2.13. The number of aromatic amines is 1. The minimum Gasteiger partial charge on any atom is -0.508 e. The molecule has 0 spiro atoms. The number of H-pyrrole nitrogens is 1. The first kappa shape index (κ1) is 11.0. The van der Waals surface area contributed by atoms with E-state index in [0.29, 0.717) is 22.6 Å². The molecule has 2 aromatic rings. The highest BCUT2D eigenvalue weighted by atomic mass is 16.3. The molecule has 1 aromatic heterocycles. The zero-order valence-corrected chi connectivity index (χ0v) is 9.19. The molecule has 0 saturated carbocycles. The standard InChI is InChI=1S/C11H12N4O2/c1-6-4-7(2-3-9(6)16)11(17)14-10-8(12)5-13-15-10/h2-5,16H,12H2,1H3,(H2,13,14,15,17). The van der Waals surface area contributed by atoms with Crippen LogP contribution in [0.25, 0.3) is 0 Å².